The molecular weight excluding hydrogens is 274 g/mol. The van der Waals surface area contributed by atoms with Crippen LogP contribution in [-0.4, -0.2) is 32.6 Å². The number of rotatable bonds is 3. The zero-order chi connectivity index (χ0) is 14.1. The predicted octanol–water partition coefficient (Wildman–Crippen LogP) is 1.06. The van der Waals surface area contributed by atoms with Crippen molar-refractivity contribution in [2.75, 3.05) is 16.5 Å². The van der Waals surface area contributed by atoms with E-state index in [0.29, 0.717) is 10.9 Å². The number of thioether (sulfide) groups is 1. The average Bonchev–Trinajstić information content (AvgIpc) is 2.98. The van der Waals surface area contributed by atoms with Gasteiger partial charge < -0.3 is 10.7 Å². The highest BCUT2D eigenvalue weighted by Crippen LogP contribution is 2.32. The maximum Gasteiger partial charge on any atom is 0.237 e. The number of amides is 1. The molecule has 7 heteroatoms. The number of hydrogen-bond donors (Lipinski definition) is 1. The molecule has 3 rings (SSSR count). The first-order valence-electron chi connectivity index (χ1n) is 6.34. The van der Waals surface area contributed by atoms with E-state index in [1.54, 1.807) is 0 Å². The lowest BCUT2D eigenvalue weighted by Gasteiger charge is -2.22. The van der Waals surface area contributed by atoms with Crippen molar-refractivity contribution in [1.29, 1.82) is 0 Å². The molecule has 2 aromatic rings. The lowest BCUT2D eigenvalue weighted by Crippen LogP contribution is -2.37. The zero-order valence-corrected chi connectivity index (χ0v) is 11.9. The smallest absolute Gasteiger partial charge is 0.237 e. The Morgan fingerprint density at radius 2 is 2.30 bits per heavy atom. The Kier molecular flexibility index (Phi) is 3.35. The number of fused-ring (bicyclic) bond motifs is 1. The number of hydrogen-bond acceptors (Lipinski definition) is 5. The van der Waals surface area contributed by atoms with Gasteiger partial charge >= 0.3 is 0 Å². The van der Waals surface area contributed by atoms with Crippen molar-refractivity contribution in [1.82, 2.24) is 14.9 Å². The fraction of sp³-hybridized carbons (Fsp3) is 0.308. The molecule has 0 aliphatic carbocycles. The molecule has 0 saturated carbocycles. The number of para-hydroxylation sites is 1. The third-order valence-electron chi connectivity index (χ3n) is 3.34. The maximum absolute atomic E-state index is 12.4. The van der Waals surface area contributed by atoms with Crippen LogP contribution in [0.1, 0.15) is 12.5 Å². The molecule has 20 heavy (non-hydrogen) atoms. The van der Waals surface area contributed by atoms with Gasteiger partial charge in [0.05, 0.1) is 5.75 Å². The first kappa shape index (κ1) is 13.0. The molecule has 0 unspecified atom stereocenters. The third kappa shape index (κ3) is 2.24. The zero-order valence-electron chi connectivity index (χ0n) is 11.1. The second kappa shape index (κ2) is 5.16. The number of carbonyl (C=O) groups excluding carboxylic acids is 1. The van der Waals surface area contributed by atoms with Gasteiger partial charge in [-0.15, -0.1) is 10.2 Å². The van der Waals surface area contributed by atoms with Crippen LogP contribution in [0.4, 0.5) is 5.69 Å². The van der Waals surface area contributed by atoms with E-state index >= 15 is 0 Å². The predicted molar refractivity (Wildman–Crippen MR) is 78.0 cm³/mol. The van der Waals surface area contributed by atoms with Gasteiger partial charge in [-0.05, 0) is 25.0 Å². The van der Waals surface area contributed by atoms with E-state index in [9.17, 15) is 4.79 Å². The van der Waals surface area contributed by atoms with Crippen LogP contribution in [0.2, 0.25) is 0 Å². The van der Waals surface area contributed by atoms with Gasteiger partial charge in [0.25, 0.3) is 0 Å². The summed E-state index contributed by atoms with van der Waals surface area (Å²) in [6.45, 7) is 2.06. The summed E-state index contributed by atoms with van der Waals surface area (Å²) in [5.41, 5.74) is 2.24. The van der Waals surface area contributed by atoms with Crippen molar-refractivity contribution < 1.29 is 4.79 Å². The number of nitrogens with two attached hydrogens (primary N) is 1. The van der Waals surface area contributed by atoms with Gasteiger partial charge in [0.1, 0.15) is 6.33 Å². The summed E-state index contributed by atoms with van der Waals surface area (Å²) >= 11 is 1.30. The Bertz CT molecular complexity index is 641. The van der Waals surface area contributed by atoms with Crippen LogP contribution in [0.15, 0.2) is 35.7 Å². The SMILES string of the molecule is C[C@@H]1Cc2ccccc2N1C(=O)CSc1nncn1N. The molecule has 1 aromatic carbocycles. The Balaban J connectivity index is 1.73. The Morgan fingerprint density at radius 1 is 1.50 bits per heavy atom. The molecule has 6 nitrogen and oxygen atoms in total. The van der Waals surface area contributed by atoms with Crippen LogP contribution in [0, 0.1) is 0 Å². The summed E-state index contributed by atoms with van der Waals surface area (Å²) in [7, 11) is 0. The van der Waals surface area contributed by atoms with E-state index < -0.39 is 0 Å². The van der Waals surface area contributed by atoms with Gasteiger partial charge in [0.15, 0.2) is 0 Å². The Morgan fingerprint density at radius 3 is 3.05 bits per heavy atom. The normalized spacial score (nSPS) is 17.2. The van der Waals surface area contributed by atoms with Crippen molar-refractivity contribution in [3.8, 4) is 0 Å². The molecular formula is C13H15N5OS. The van der Waals surface area contributed by atoms with Crippen molar-refractivity contribution >= 4 is 23.4 Å². The summed E-state index contributed by atoms with van der Waals surface area (Å²) in [5.74, 6) is 6.00. The molecule has 1 aliphatic heterocycles. The molecule has 0 radical (unpaired) electrons. The first-order chi connectivity index (χ1) is 9.66. The van der Waals surface area contributed by atoms with E-state index in [-0.39, 0.29) is 11.9 Å². The average molecular weight is 289 g/mol. The van der Waals surface area contributed by atoms with Crippen molar-refractivity contribution in [2.45, 2.75) is 24.5 Å². The second-order valence-electron chi connectivity index (χ2n) is 4.76. The first-order valence-corrected chi connectivity index (χ1v) is 7.33. The summed E-state index contributed by atoms with van der Waals surface area (Å²) in [6.07, 6.45) is 2.32. The molecule has 2 N–H and O–H groups in total. The molecule has 0 fully saturated rings. The van der Waals surface area contributed by atoms with E-state index in [0.717, 1.165) is 12.1 Å². The van der Waals surface area contributed by atoms with Gasteiger partial charge in [0, 0.05) is 11.7 Å². The minimum atomic E-state index is 0.0652. The molecule has 0 spiro atoms. The summed E-state index contributed by atoms with van der Waals surface area (Å²) in [6, 6.07) is 8.22. The van der Waals surface area contributed by atoms with Crippen molar-refractivity contribution in [3.63, 3.8) is 0 Å². The molecule has 1 amide bonds. The Labute approximate surface area is 120 Å². The fourth-order valence-electron chi connectivity index (χ4n) is 2.48. The monoisotopic (exact) mass is 289 g/mol. The van der Waals surface area contributed by atoms with Gasteiger partial charge in [-0.2, -0.15) is 0 Å². The van der Waals surface area contributed by atoms with Crippen LogP contribution in [0.5, 0.6) is 0 Å². The van der Waals surface area contributed by atoms with E-state index in [4.69, 9.17) is 5.84 Å². The Hall–Kier alpha value is -2.02. The van der Waals surface area contributed by atoms with Crippen LogP contribution >= 0.6 is 11.8 Å². The molecule has 2 heterocycles. The molecule has 0 saturated heterocycles. The highest BCUT2D eigenvalue weighted by Gasteiger charge is 2.30. The highest BCUT2D eigenvalue weighted by molar-refractivity contribution is 7.99. The molecule has 1 aliphatic rings. The van der Waals surface area contributed by atoms with Crippen LogP contribution in [-0.2, 0) is 11.2 Å². The van der Waals surface area contributed by atoms with E-state index in [2.05, 4.69) is 23.2 Å². The minimum absolute atomic E-state index is 0.0652. The number of nitrogen functional groups attached to an aromatic ring is 1. The summed E-state index contributed by atoms with van der Waals surface area (Å²) in [5, 5.41) is 8.09. The van der Waals surface area contributed by atoms with E-state index in [1.807, 2.05) is 23.1 Å². The van der Waals surface area contributed by atoms with Crippen molar-refractivity contribution in [2.24, 2.45) is 0 Å². The van der Waals surface area contributed by atoms with Gasteiger partial charge in [0.2, 0.25) is 11.1 Å². The van der Waals surface area contributed by atoms with Crippen LogP contribution in [0.3, 0.4) is 0 Å². The molecule has 1 aromatic heterocycles. The lowest BCUT2D eigenvalue weighted by molar-refractivity contribution is -0.116. The fourth-order valence-corrected chi connectivity index (χ4v) is 3.17. The molecule has 0 bridgehead atoms. The standard InChI is InChI=1S/C13H15N5OS/c1-9-6-10-4-2-3-5-11(10)18(9)12(19)7-20-13-16-15-8-17(13)14/h2-5,8-9H,6-7,14H2,1H3/t9-/m1/s1. The molecule has 104 valence electrons. The lowest BCUT2D eigenvalue weighted by atomic mass is 10.1. The van der Waals surface area contributed by atoms with Crippen LogP contribution in [0.25, 0.3) is 0 Å². The number of benzene rings is 1. The van der Waals surface area contributed by atoms with Crippen molar-refractivity contribution in [3.05, 3.63) is 36.2 Å². The quantitative estimate of drug-likeness (QED) is 0.675. The largest absolute Gasteiger partial charge is 0.336 e. The van der Waals surface area contributed by atoms with Gasteiger partial charge in [-0.1, -0.05) is 30.0 Å². The van der Waals surface area contributed by atoms with E-state index in [1.165, 1.54) is 28.3 Å². The summed E-state index contributed by atoms with van der Waals surface area (Å²) < 4.78 is 1.32. The summed E-state index contributed by atoms with van der Waals surface area (Å²) in [4.78, 5) is 14.3. The number of carbonyl (C=O) groups is 1. The topological polar surface area (TPSA) is 77.0 Å². The number of anilines is 1. The van der Waals surface area contributed by atoms with Crippen LogP contribution < -0.4 is 10.7 Å². The highest BCUT2D eigenvalue weighted by atomic mass is 32.2. The minimum Gasteiger partial charge on any atom is -0.336 e. The number of nitrogens with zero attached hydrogens (tertiary/aromatic N) is 4. The molecule has 1 atom stereocenters. The van der Waals surface area contributed by atoms with Gasteiger partial charge in [-0.3, -0.25) is 4.79 Å². The second-order valence-corrected chi connectivity index (χ2v) is 5.70. The third-order valence-corrected chi connectivity index (χ3v) is 4.28. The van der Waals surface area contributed by atoms with Gasteiger partial charge in [-0.25, -0.2) is 4.68 Å². The number of aromatic nitrogens is 3. The maximum atomic E-state index is 12.4.